The molecule has 0 fully saturated rings. The van der Waals surface area contributed by atoms with E-state index in [4.69, 9.17) is 9.47 Å². The maximum absolute atomic E-state index is 12.1. The van der Waals surface area contributed by atoms with Crippen LogP contribution in [0.1, 0.15) is 11.1 Å². The molecule has 1 N–H and O–H groups in total. The first-order valence-corrected chi connectivity index (χ1v) is 9.65. The molecule has 0 radical (unpaired) electrons. The van der Waals surface area contributed by atoms with Crippen molar-refractivity contribution in [2.75, 3.05) is 20.3 Å². The summed E-state index contributed by atoms with van der Waals surface area (Å²) in [6.45, 7) is 4.45. The Bertz CT molecular complexity index is 1090. The Morgan fingerprint density at radius 2 is 1.87 bits per heavy atom. The van der Waals surface area contributed by atoms with E-state index in [0.29, 0.717) is 17.2 Å². The maximum Gasteiger partial charge on any atom is 0.266 e. The lowest BCUT2D eigenvalue weighted by Crippen LogP contribution is -2.34. The number of methoxy groups -OCH3 is 1. The first kappa shape index (κ1) is 21.1. The summed E-state index contributed by atoms with van der Waals surface area (Å²) in [6, 6.07) is 16.3. The molecule has 1 heterocycles. The van der Waals surface area contributed by atoms with Crippen LogP contribution in [0.3, 0.4) is 0 Å². The van der Waals surface area contributed by atoms with Crippen LogP contribution < -0.4 is 20.3 Å². The highest BCUT2D eigenvalue weighted by atomic mass is 16.5. The Balaban J connectivity index is 1.55. The summed E-state index contributed by atoms with van der Waals surface area (Å²) in [7, 11) is 1.60. The van der Waals surface area contributed by atoms with E-state index in [1.54, 1.807) is 13.2 Å². The molecule has 30 heavy (non-hydrogen) atoms. The van der Waals surface area contributed by atoms with Crippen molar-refractivity contribution in [2.45, 2.75) is 20.4 Å². The van der Waals surface area contributed by atoms with Crippen molar-refractivity contribution < 1.29 is 14.3 Å². The van der Waals surface area contributed by atoms with Crippen molar-refractivity contribution in [1.29, 1.82) is 0 Å². The van der Waals surface area contributed by atoms with Crippen molar-refractivity contribution >= 4 is 5.91 Å². The number of rotatable bonds is 8. The number of nitrogens with one attached hydrogen (secondary N) is 1. The lowest BCUT2D eigenvalue weighted by atomic mass is 10.1. The Morgan fingerprint density at radius 3 is 2.63 bits per heavy atom. The molecular weight excluding hydrogens is 382 g/mol. The highest BCUT2D eigenvalue weighted by molar-refractivity contribution is 5.77. The smallest absolute Gasteiger partial charge is 0.266 e. The minimum atomic E-state index is -0.259. The first-order valence-electron chi connectivity index (χ1n) is 9.65. The van der Waals surface area contributed by atoms with Gasteiger partial charge in [-0.2, -0.15) is 5.10 Å². The minimum Gasteiger partial charge on any atom is -0.497 e. The second kappa shape index (κ2) is 9.73. The van der Waals surface area contributed by atoms with E-state index >= 15 is 0 Å². The zero-order valence-corrected chi connectivity index (χ0v) is 17.3. The molecule has 0 saturated carbocycles. The zero-order chi connectivity index (χ0) is 21.5. The number of hydrogen-bond donors (Lipinski definition) is 1. The van der Waals surface area contributed by atoms with Gasteiger partial charge < -0.3 is 14.8 Å². The van der Waals surface area contributed by atoms with Gasteiger partial charge in [-0.3, -0.25) is 9.59 Å². The number of benzene rings is 2. The summed E-state index contributed by atoms with van der Waals surface area (Å²) in [6.07, 6.45) is 0. The van der Waals surface area contributed by atoms with Crippen molar-refractivity contribution in [3.8, 4) is 22.8 Å². The number of amides is 1. The monoisotopic (exact) mass is 407 g/mol. The summed E-state index contributed by atoms with van der Waals surface area (Å²) in [5, 5.41) is 7.14. The van der Waals surface area contributed by atoms with E-state index in [9.17, 15) is 9.59 Å². The molecule has 0 aliphatic heterocycles. The third-order valence-electron chi connectivity index (χ3n) is 4.73. The van der Waals surface area contributed by atoms with Crippen molar-refractivity contribution in [3.63, 3.8) is 0 Å². The minimum absolute atomic E-state index is 0.0886. The van der Waals surface area contributed by atoms with E-state index in [1.807, 2.05) is 56.3 Å². The highest BCUT2D eigenvalue weighted by Crippen LogP contribution is 2.21. The van der Waals surface area contributed by atoms with Crippen molar-refractivity contribution in [3.05, 3.63) is 76.1 Å². The maximum atomic E-state index is 12.1. The van der Waals surface area contributed by atoms with Crippen molar-refractivity contribution in [1.82, 2.24) is 15.1 Å². The number of aromatic nitrogens is 2. The molecule has 1 aromatic heterocycles. The molecule has 0 spiro atoms. The summed E-state index contributed by atoms with van der Waals surface area (Å²) in [5.74, 6) is 1.10. The van der Waals surface area contributed by atoms with Gasteiger partial charge in [0, 0.05) is 18.2 Å². The van der Waals surface area contributed by atoms with Gasteiger partial charge in [0.15, 0.2) is 6.61 Å². The zero-order valence-electron chi connectivity index (χ0n) is 17.3. The molecule has 0 aliphatic carbocycles. The lowest BCUT2D eigenvalue weighted by Gasteiger charge is -2.10. The second-order valence-corrected chi connectivity index (χ2v) is 6.90. The molecule has 156 valence electrons. The average Bonchev–Trinajstić information content (AvgIpc) is 2.76. The van der Waals surface area contributed by atoms with Gasteiger partial charge in [0.2, 0.25) is 0 Å². The van der Waals surface area contributed by atoms with Crippen LogP contribution in [0.4, 0.5) is 0 Å². The lowest BCUT2D eigenvalue weighted by molar-refractivity contribution is -0.123. The quantitative estimate of drug-likeness (QED) is 0.621. The van der Waals surface area contributed by atoms with Gasteiger partial charge in [-0.15, -0.1) is 0 Å². The second-order valence-electron chi connectivity index (χ2n) is 6.90. The molecule has 7 heteroatoms. The molecule has 2 aromatic carbocycles. The van der Waals surface area contributed by atoms with Gasteiger partial charge in [0.25, 0.3) is 11.5 Å². The van der Waals surface area contributed by atoms with E-state index in [1.165, 1.54) is 16.3 Å². The molecule has 3 aromatic rings. The third kappa shape index (κ3) is 5.47. The molecule has 0 atom stereocenters. The third-order valence-corrected chi connectivity index (χ3v) is 4.73. The Kier molecular flexibility index (Phi) is 6.85. The molecule has 1 amide bonds. The Morgan fingerprint density at radius 1 is 1.03 bits per heavy atom. The largest absolute Gasteiger partial charge is 0.497 e. The van der Waals surface area contributed by atoms with Gasteiger partial charge in [0.1, 0.15) is 11.5 Å². The fourth-order valence-electron chi connectivity index (χ4n) is 2.85. The fraction of sp³-hybridized carbons (Fsp3) is 0.261. The SMILES string of the molecule is COc1cccc(-c2ccc(=O)n(CCNC(=O)COc3ccc(C)c(C)c3)n2)c1. The Hall–Kier alpha value is -3.61. The van der Waals surface area contributed by atoms with Crippen LogP contribution in [0.15, 0.2) is 59.4 Å². The number of carbonyl (C=O) groups excluding carboxylic acids is 1. The van der Waals surface area contributed by atoms with Crippen LogP contribution in [0.2, 0.25) is 0 Å². The summed E-state index contributed by atoms with van der Waals surface area (Å²) < 4.78 is 12.1. The fourth-order valence-corrected chi connectivity index (χ4v) is 2.85. The van der Waals surface area contributed by atoms with Crippen LogP contribution in [-0.4, -0.2) is 35.9 Å². The van der Waals surface area contributed by atoms with E-state index < -0.39 is 0 Å². The summed E-state index contributed by atoms with van der Waals surface area (Å²) in [5.41, 5.74) is 3.53. The van der Waals surface area contributed by atoms with E-state index in [0.717, 1.165) is 11.1 Å². The molecular formula is C23H25N3O4. The van der Waals surface area contributed by atoms with E-state index in [-0.39, 0.29) is 31.2 Å². The van der Waals surface area contributed by atoms with E-state index in [2.05, 4.69) is 10.4 Å². The molecule has 7 nitrogen and oxygen atoms in total. The topological polar surface area (TPSA) is 82.5 Å². The Labute approximate surface area is 175 Å². The van der Waals surface area contributed by atoms with Crippen molar-refractivity contribution in [2.24, 2.45) is 0 Å². The molecule has 0 bridgehead atoms. The predicted molar refractivity (Wildman–Crippen MR) is 115 cm³/mol. The van der Waals surface area contributed by atoms with Gasteiger partial charge in [0.05, 0.1) is 19.3 Å². The number of nitrogens with zero attached hydrogens (tertiary/aromatic N) is 2. The standard InChI is InChI=1S/C23H25N3O4/c1-16-7-8-20(13-17(16)2)30-15-22(27)24-11-12-26-23(28)10-9-21(25-26)18-5-4-6-19(14-18)29-3/h4-10,13-14H,11-12,15H2,1-3H3,(H,24,27). The first-order chi connectivity index (χ1) is 14.5. The molecule has 3 rings (SSSR count). The summed E-state index contributed by atoms with van der Waals surface area (Å²) >= 11 is 0. The van der Waals surface area contributed by atoms with Gasteiger partial charge >= 0.3 is 0 Å². The summed E-state index contributed by atoms with van der Waals surface area (Å²) in [4.78, 5) is 24.2. The van der Waals surface area contributed by atoms with Crippen LogP contribution in [-0.2, 0) is 11.3 Å². The van der Waals surface area contributed by atoms with Gasteiger partial charge in [-0.1, -0.05) is 18.2 Å². The number of carbonyl (C=O) groups is 1. The van der Waals surface area contributed by atoms with Crippen LogP contribution in [0.5, 0.6) is 11.5 Å². The molecule has 0 unspecified atom stereocenters. The van der Waals surface area contributed by atoms with Crippen LogP contribution in [0.25, 0.3) is 11.3 Å². The van der Waals surface area contributed by atoms with Gasteiger partial charge in [-0.25, -0.2) is 4.68 Å². The number of aryl methyl sites for hydroxylation is 2. The van der Waals surface area contributed by atoms with Crippen LogP contribution in [0, 0.1) is 13.8 Å². The predicted octanol–water partition coefficient (Wildman–Crippen LogP) is 2.73. The van der Waals surface area contributed by atoms with Gasteiger partial charge in [-0.05, 0) is 55.3 Å². The average molecular weight is 407 g/mol. The normalized spacial score (nSPS) is 10.5. The number of ether oxygens (including phenoxy) is 2. The molecule has 0 aliphatic rings. The van der Waals surface area contributed by atoms with Crippen LogP contribution >= 0.6 is 0 Å². The highest BCUT2D eigenvalue weighted by Gasteiger charge is 2.07. The molecule has 0 saturated heterocycles. The number of hydrogen-bond acceptors (Lipinski definition) is 5.